The molecule has 4 heteroatoms. The molecule has 0 atom stereocenters. The lowest BCUT2D eigenvalue weighted by molar-refractivity contribution is 0.0696. The molecule has 0 saturated heterocycles. The highest BCUT2D eigenvalue weighted by molar-refractivity contribution is 14.1. The average Bonchev–Trinajstić information content (AvgIpc) is 2.03. The number of aryl methyl sites for hydroxylation is 1. The van der Waals surface area contributed by atoms with Crippen molar-refractivity contribution in [1.82, 2.24) is 0 Å². The molecule has 0 bridgehead atoms. The third-order valence-electron chi connectivity index (χ3n) is 1.65. The lowest BCUT2D eigenvalue weighted by Gasteiger charge is -2.02. The summed E-state index contributed by atoms with van der Waals surface area (Å²) in [6, 6.07) is 5.03. The smallest absolute Gasteiger partial charge is 0.335 e. The van der Waals surface area contributed by atoms with Crippen LogP contribution in [0.15, 0.2) is 12.1 Å². The molecule has 66 valence electrons. The number of carboxylic acid groups (broad SMARTS) is 1. The van der Waals surface area contributed by atoms with Gasteiger partial charge in [-0.25, -0.2) is 4.79 Å². The van der Waals surface area contributed by atoms with Crippen molar-refractivity contribution in [2.45, 2.75) is 6.92 Å². The van der Waals surface area contributed by atoms with E-state index in [1.807, 2.05) is 28.7 Å². The lowest BCUT2D eigenvalue weighted by Crippen LogP contribution is -1.99. The maximum absolute atomic E-state index is 10.6. The number of hydrogen-bond donors (Lipinski definition) is 1. The van der Waals surface area contributed by atoms with Crippen LogP contribution in [0.2, 0.25) is 0 Å². The van der Waals surface area contributed by atoms with Crippen molar-refractivity contribution in [1.29, 1.82) is 5.26 Å². The molecular weight excluding hydrogens is 281 g/mol. The molecule has 0 aliphatic heterocycles. The Hall–Kier alpha value is -1.09. The van der Waals surface area contributed by atoms with Gasteiger partial charge in [-0.1, -0.05) is 0 Å². The summed E-state index contributed by atoms with van der Waals surface area (Å²) < 4.78 is 0.678. The van der Waals surface area contributed by atoms with Crippen LogP contribution in [0.3, 0.4) is 0 Å². The molecule has 0 spiro atoms. The van der Waals surface area contributed by atoms with E-state index < -0.39 is 5.97 Å². The third-order valence-corrected chi connectivity index (χ3v) is 2.50. The molecule has 1 aromatic carbocycles. The summed E-state index contributed by atoms with van der Waals surface area (Å²) in [4.78, 5) is 10.6. The first-order valence-electron chi connectivity index (χ1n) is 3.50. The minimum atomic E-state index is -0.967. The SMILES string of the molecule is Cc1cc(C(=O)O)cc(I)c1C#N. The first kappa shape index (κ1) is 9.99. The second kappa shape index (κ2) is 3.75. The Morgan fingerprint density at radius 2 is 2.23 bits per heavy atom. The molecule has 0 aliphatic carbocycles. The Balaban J connectivity index is 3.39. The zero-order valence-electron chi connectivity index (χ0n) is 6.84. The van der Waals surface area contributed by atoms with Crippen LogP contribution in [0, 0.1) is 21.8 Å². The van der Waals surface area contributed by atoms with Gasteiger partial charge < -0.3 is 5.11 Å². The molecule has 0 heterocycles. The number of aromatic carboxylic acids is 1. The largest absolute Gasteiger partial charge is 0.478 e. The maximum Gasteiger partial charge on any atom is 0.335 e. The van der Waals surface area contributed by atoms with Crippen LogP contribution < -0.4 is 0 Å². The topological polar surface area (TPSA) is 61.1 Å². The van der Waals surface area contributed by atoms with Crippen molar-refractivity contribution in [3.8, 4) is 6.07 Å². The van der Waals surface area contributed by atoms with Gasteiger partial charge >= 0.3 is 5.97 Å². The normalized spacial score (nSPS) is 9.31. The number of benzene rings is 1. The van der Waals surface area contributed by atoms with E-state index in [1.165, 1.54) is 12.1 Å². The van der Waals surface area contributed by atoms with Gasteiger partial charge in [0, 0.05) is 3.57 Å². The highest BCUT2D eigenvalue weighted by atomic mass is 127. The van der Waals surface area contributed by atoms with Gasteiger partial charge in [0.25, 0.3) is 0 Å². The molecule has 0 aromatic heterocycles. The van der Waals surface area contributed by atoms with Gasteiger partial charge in [-0.3, -0.25) is 0 Å². The molecule has 13 heavy (non-hydrogen) atoms. The van der Waals surface area contributed by atoms with Crippen LogP contribution in [0.1, 0.15) is 21.5 Å². The van der Waals surface area contributed by atoms with E-state index in [0.29, 0.717) is 14.7 Å². The summed E-state index contributed by atoms with van der Waals surface area (Å²) in [7, 11) is 0. The molecular formula is C9H6INO2. The Kier molecular flexibility index (Phi) is 2.88. The summed E-state index contributed by atoms with van der Waals surface area (Å²) in [5.41, 5.74) is 1.47. The standard InChI is InChI=1S/C9H6INO2/c1-5-2-6(9(12)13)3-8(10)7(5)4-11/h2-3H,1H3,(H,12,13). The number of carbonyl (C=O) groups is 1. The second-order valence-corrected chi connectivity index (χ2v) is 3.73. The third kappa shape index (κ3) is 1.98. The fraction of sp³-hybridized carbons (Fsp3) is 0.111. The number of halogens is 1. The average molecular weight is 287 g/mol. The van der Waals surface area contributed by atoms with Crippen LogP contribution in [0.25, 0.3) is 0 Å². The first-order valence-corrected chi connectivity index (χ1v) is 4.57. The van der Waals surface area contributed by atoms with Gasteiger partial charge in [0.2, 0.25) is 0 Å². The molecule has 0 aliphatic rings. The Morgan fingerprint density at radius 3 is 2.62 bits per heavy atom. The van der Waals surface area contributed by atoms with E-state index in [-0.39, 0.29) is 5.56 Å². The summed E-state index contributed by atoms with van der Waals surface area (Å²) in [6.45, 7) is 1.73. The number of nitrogens with zero attached hydrogens (tertiary/aromatic N) is 1. The lowest BCUT2D eigenvalue weighted by atomic mass is 10.1. The van der Waals surface area contributed by atoms with Crippen molar-refractivity contribution >= 4 is 28.6 Å². The van der Waals surface area contributed by atoms with Crippen molar-refractivity contribution < 1.29 is 9.90 Å². The van der Waals surface area contributed by atoms with Gasteiger partial charge in [0.15, 0.2) is 0 Å². The van der Waals surface area contributed by atoms with Crippen molar-refractivity contribution in [2.75, 3.05) is 0 Å². The van der Waals surface area contributed by atoms with Crippen molar-refractivity contribution in [3.05, 3.63) is 32.4 Å². The predicted octanol–water partition coefficient (Wildman–Crippen LogP) is 2.17. The van der Waals surface area contributed by atoms with Crippen LogP contribution in [-0.4, -0.2) is 11.1 Å². The zero-order chi connectivity index (χ0) is 10.0. The van der Waals surface area contributed by atoms with Crippen LogP contribution in [0.5, 0.6) is 0 Å². The summed E-state index contributed by atoms with van der Waals surface area (Å²) in [5.74, 6) is -0.967. The summed E-state index contributed by atoms with van der Waals surface area (Å²) in [5, 5.41) is 17.4. The van der Waals surface area contributed by atoms with Crippen LogP contribution in [0.4, 0.5) is 0 Å². The van der Waals surface area contributed by atoms with Crippen LogP contribution in [-0.2, 0) is 0 Å². The zero-order valence-corrected chi connectivity index (χ0v) is 8.99. The molecule has 1 aromatic rings. The maximum atomic E-state index is 10.6. The quantitative estimate of drug-likeness (QED) is 0.805. The van der Waals surface area contributed by atoms with Crippen LogP contribution >= 0.6 is 22.6 Å². The molecule has 0 unspecified atom stereocenters. The first-order chi connectivity index (χ1) is 6.06. The van der Waals surface area contributed by atoms with E-state index in [2.05, 4.69) is 0 Å². The van der Waals surface area contributed by atoms with Gasteiger partial charge in [-0.2, -0.15) is 5.26 Å². The van der Waals surface area contributed by atoms with E-state index in [9.17, 15) is 4.79 Å². The van der Waals surface area contributed by atoms with Gasteiger partial charge in [-0.05, 0) is 47.2 Å². The highest BCUT2D eigenvalue weighted by Gasteiger charge is 2.09. The Bertz CT molecular complexity index is 384. The number of carboxylic acids is 1. The molecule has 3 nitrogen and oxygen atoms in total. The number of rotatable bonds is 1. The molecule has 0 fully saturated rings. The van der Waals surface area contributed by atoms with E-state index in [1.54, 1.807) is 6.92 Å². The summed E-state index contributed by atoms with van der Waals surface area (Å²) in [6.07, 6.45) is 0. The van der Waals surface area contributed by atoms with E-state index >= 15 is 0 Å². The number of nitriles is 1. The van der Waals surface area contributed by atoms with Crippen molar-refractivity contribution in [3.63, 3.8) is 0 Å². The van der Waals surface area contributed by atoms with Crippen molar-refractivity contribution in [2.24, 2.45) is 0 Å². The fourth-order valence-corrected chi connectivity index (χ4v) is 1.89. The van der Waals surface area contributed by atoms with E-state index in [0.717, 1.165) is 0 Å². The number of hydrogen-bond acceptors (Lipinski definition) is 2. The van der Waals surface area contributed by atoms with E-state index in [4.69, 9.17) is 10.4 Å². The van der Waals surface area contributed by atoms with Gasteiger partial charge in [0.1, 0.15) is 6.07 Å². The molecule has 1 N–H and O–H groups in total. The highest BCUT2D eigenvalue weighted by Crippen LogP contribution is 2.18. The minimum Gasteiger partial charge on any atom is -0.478 e. The molecule has 1 rings (SSSR count). The Morgan fingerprint density at radius 1 is 1.62 bits per heavy atom. The Labute approximate surface area is 89.1 Å². The predicted molar refractivity (Wildman–Crippen MR) is 55.6 cm³/mol. The second-order valence-electron chi connectivity index (χ2n) is 2.57. The summed E-state index contributed by atoms with van der Waals surface area (Å²) >= 11 is 1.96. The molecule has 0 saturated carbocycles. The fourth-order valence-electron chi connectivity index (χ4n) is 1.01. The molecule has 0 amide bonds. The minimum absolute atomic E-state index is 0.223. The monoisotopic (exact) mass is 287 g/mol. The van der Waals surface area contributed by atoms with Gasteiger partial charge in [0.05, 0.1) is 11.1 Å². The van der Waals surface area contributed by atoms with Gasteiger partial charge in [-0.15, -0.1) is 0 Å². The molecule has 0 radical (unpaired) electrons.